The number of aryl methyl sites for hydroxylation is 1. The Morgan fingerprint density at radius 2 is 2.08 bits per heavy atom. The second-order valence-corrected chi connectivity index (χ2v) is 2.84. The van der Waals surface area contributed by atoms with Crippen molar-refractivity contribution in [3.8, 4) is 0 Å². The molecule has 12 heavy (non-hydrogen) atoms. The lowest BCUT2D eigenvalue weighted by Gasteiger charge is -2.05. The third-order valence-electron chi connectivity index (χ3n) is 1.82. The van der Waals surface area contributed by atoms with E-state index in [2.05, 4.69) is 42.6 Å². The minimum Gasteiger partial charge on any atom is -0.388 e. The Bertz CT molecular complexity index is 287. The summed E-state index contributed by atoms with van der Waals surface area (Å²) in [5.74, 6) is 0. The van der Waals surface area contributed by atoms with Crippen molar-refractivity contribution in [1.29, 1.82) is 0 Å². The van der Waals surface area contributed by atoms with Gasteiger partial charge in [-0.25, -0.2) is 0 Å². The van der Waals surface area contributed by atoms with Crippen molar-refractivity contribution in [3.63, 3.8) is 0 Å². The number of nitrogens with one attached hydrogen (secondary N) is 1. The summed E-state index contributed by atoms with van der Waals surface area (Å²) in [6.45, 7) is 4.13. The third-order valence-corrected chi connectivity index (χ3v) is 1.82. The van der Waals surface area contributed by atoms with E-state index in [1.807, 2.05) is 14.0 Å². The van der Waals surface area contributed by atoms with E-state index < -0.39 is 0 Å². The van der Waals surface area contributed by atoms with Gasteiger partial charge in [0, 0.05) is 12.7 Å². The van der Waals surface area contributed by atoms with Crippen LogP contribution >= 0.6 is 0 Å². The van der Waals surface area contributed by atoms with Crippen LogP contribution < -0.4 is 5.32 Å². The summed E-state index contributed by atoms with van der Waals surface area (Å²) in [5, 5.41) is 3.16. The van der Waals surface area contributed by atoms with Crippen LogP contribution in [0.2, 0.25) is 0 Å². The summed E-state index contributed by atoms with van der Waals surface area (Å²) < 4.78 is 0. The van der Waals surface area contributed by atoms with Gasteiger partial charge in [0.05, 0.1) is 0 Å². The van der Waals surface area contributed by atoms with Gasteiger partial charge < -0.3 is 5.32 Å². The Kier molecular flexibility index (Phi) is 2.92. The van der Waals surface area contributed by atoms with Crippen molar-refractivity contribution < 1.29 is 0 Å². The van der Waals surface area contributed by atoms with Crippen LogP contribution in [-0.2, 0) is 0 Å². The van der Waals surface area contributed by atoms with Gasteiger partial charge in [-0.3, -0.25) is 0 Å². The van der Waals surface area contributed by atoms with Crippen LogP contribution in [0.4, 0.5) is 5.69 Å². The van der Waals surface area contributed by atoms with E-state index in [1.54, 1.807) is 0 Å². The normalized spacial score (nSPS) is 10.6. The van der Waals surface area contributed by atoms with Crippen LogP contribution in [0, 0.1) is 6.92 Å². The predicted molar refractivity (Wildman–Crippen MR) is 55.4 cm³/mol. The molecule has 0 aliphatic heterocycles. The van der Waals surface area contributed by atoms with Crippen molar-refractivity contribution in [2.24, 2.45) is 0 Å². The third kappa shape index (κ3) is 1.88. The summed E-state index contributed by atoms with van der Waals surface area (Å²) in [6.07, 6.45) is 4.16. The summed E-state index contributed by atoms with van der Waals surface area (Å²) in [7, 11) is 1.94. The Labute approximate surface area is 74.1 Å². The highest BCUT2D eigenvalue weighted by atomic mass is 14.8. The standard InChI is InChI=1S/C11H15N/c1-4-5-10-8-9(2)6-7-11(10)12-3/h4-8,12H,1-3H3/b5-4-. The number of hydrogen-bond donors (Lipinski definition) is 1. The molecule has 0 radical (unpaired) electrons. The fourth-order valence-electron chi connectivity index (χ4n) is 1.23. The molecule has 0 spiro atoms. The summed E-state index contributed by atoms with van der Waals surface area (Å²) >= 11 is 0. The lowest BCUT2D eigenvalue weighted by molar-refractivity contribution is 1.42. The molecule has 0 saturated carbocycles. The minimum absolute atomic E-state index is 1.18. The first-order valence-electron chi connectivity index (χ1n) is 4.19. The maximum atomic E-state index is 3.16. The van der Waals surface area contributed by atoms with Crippen molar-refractivity contribution in [2.45, 2.75) is 13.8 Å². The summed E-state index contributed by atoms with van der Waals surface area (Å²) in [6, 6.07) is 6.38. The van der Waals surface area contributed by atoms with Crippen LogP contribution in [0.3, 0.4) is 0 Å². The molecule has 0 atom stereocenters. The molecule has 1 heteroatoms. The molecule has 0 bridgehead atoms. The van der Waals surface area contributed by atoms with Gasteiger partial charge >= 0.3 is 0 Å². The molecule has 0 aliphatic carbocycles. The van der Waals surface area contributed by atoms with Crippen molar-refractivity contribution in [1.82, 2.24) is 0 Å². The number of rotatable bonds is 2. The van der Waals surface area contributed by atoms with Crippen LogP contribution in [0.1, 0.15) is 18.1 Å². The van der Waals surface area contributed by atoms with Gasteiger partial charge in [0.1, 0.15) is 0 Å². The molecule has 1 aromatic rings. The zero-order valence-corrected chi connectivity index (χ0v) is 7.89. The van der Waals surface area contributed by atoms with Crippen LogP contribution in [0.5, 0.6) is 0 Å². The smallest absolute Gasteiger partial charge is 0.0411 e. The van der Waals surface area contributed by atoms with Crippen LogP contribution in [0.25, 0.3) is 6.08 Å². The van der Waals surface area contributed by atoms with E-state index in [1.165, 1.54) is 16.8 Å². The first-order chi connectivity index (χ1) is 5.77. The highest BCUT2D eigenvalue weighted by Crippen LogP contribution is 2.17. The molecule has 0 fully saturated rings. The topological polar surface area (TPSA) is 12.0 Å². The Morgan fingerprint density at radius 1 is 1.33 bits per heavy atom. The van der Waals surface area contributed by atoms with Gasteiger partial charge in [0.25, 0.3) is 0 Å². The molecule has 0 aliphatic rings. The molecular weight excluding hydrogens is 146 g/mol. The quantitative estimate of drug-likeness (QED) is 0.703. The van der Waals surface area contributed by atoms with E-state index >= 15 is 0 Å². The van der Waals surface area contributed by atoms with Gasteiger partial charge in [-0.1, -0.05) is 23.8 Å². The largest absolute Gasteiger partial charge is 0.388 e. The summed E-state index contributed by atoms with van der Waals surface area (Å²) in [5.41, 5.74) is 3.72. The van der Waals surface area contributed by atoms with Gasteiger partial charge in [0.15, 0.2) is 0 Å². The Hall–Kier alpha value is -1.24. The molecule has 64 valence electrons. The molecule has 1 aromatic carbocycles. The number of anilines is 1. The molecule has 1 nitrogen and oxygen atoms in total. The highest BCUT2D eigenvalue weighted by molar-refractivity contribution is 5.66. The number of allylic oxidation sites excluding steroid dienone is 1. The first kappa shape index (κ1) is 8.85. The average molecular weight is 161 g/mol. The zero-order chi connectivity index (χ0) is 8.97. The molecular formula is C11H15N. The van der Waals surface area contributed by atoms with Gasteiger partial charge in [-0.15, -0.1) is 0 Å². The fraction of sp³-hybridized carbons (Fsp3) is 0.273. The lowest BCUT2D eigenvalue weighted by Crippen LogP contribution is -1.91. The Balaban J connectivity index is 3.12. The average Bonchev–Trinajstić information content (AvgIpc) is 2.05. The Morgan fingerprint density at radius 3 is 2.67 bits per heavy atom. The first-order valence-corrected chi connectivity index (χ1v) is 4.19. The van der Waals surface area contributed by atoms with Crippen molar-refractivity contribution >= 4 is 11.8 Å². The molecule has 0 amide bonds. The second kappa shape index (κ2) is 3.96. The molecule has 0 saturated heterocycles. The monoisotopic (exact) mass is 161 g/mol. The molecule has 0 heterocycles. The van der Waals surface area contributed by atoms with Gasteiger partial charge in [-0.05, 0) is 31.5 Å². The van der Waals surface area contributed by atoms with Gasteiger partial charge in [0.2, 0.25) is 0 Å². The summed E-state index contributed by atoms with van der Waals surface area (Å²) in [4.78, 5) is 0. The van der Waals surface area contributed by atoms with E-state index in [9.17, 15) is 0 Å². The maximum Gasteiger partial charge on any atom is 0.0411 e. The lowest BCUT2D eigenvalue weighted by atomic mass is 10.1. The van der Waals surface area contributed by atoms with Gasteiger partial charge in [-0.2, -0.15) is 0 Å². The predicted octanol–water partition coefficient (Wildman–Crippen LogP) is 3.07. The fourth-order valence-corrected chi connectivity index (χ4v) is 1.23. The minimum atomic E-state index is 1.18. The zero-order valence-electron chi connectivity index (χ0n) is 7.89. The number of benzene rings is 1. The maximum absolute atomic E-state index is 3.16. The molecule has 1 rings (SSSR count). The molecule has 0 aromatic heterocycles. The SMILES string of the molecule is C/C=C\c1cc(C)ccc1NC. The van der Waals surface area contributed by atoms with Crippen molar-refractivity contribution in [3.05, 3.63) is 35.4 Å². The number of hydrogen-bond acceptors (Lipinski definition) is 1. The van der Waals surface area contributed by atoms with Crippen molar-refractivity contribution in [2.75, 3.05) is 12.4 Å². The van der Waals surface area contributed by atoms with E-state index in [0.29, 0.717) is 0 Å². The van der Waals surface area contributed by atoms with Crippen LogP contribution in [0.15, 0.2) is 24.3 Å². The molecule has 1 N–H and O–H groups in total. The van der Waals surface area contributed by atoms with E-state index in [-0.39, 0.29) is 0 Å². The van der Waals surface area contributed by atoms with E-state index in [0.717, 1.165) is 0 Å². The highest BCUT2D eigenvalue weighted by Gasteiger charge is 1.95. The second-order valence-electron chi connectivity index (χ2n) is 2.84. The van der Waals surface area contributed by atoms with E-state index in [4.69, 9.17) is 0 Å². The van der Waals surface area contributed by atoms with Crippen LogP contribution in [-0.4, -0.2) is 7.05 Å². The molecule has 0 unspecified atom stereocenters.